The van der Waals surface area contributed by atoms with Crippen LogP contribution in [0.15, 0.2) is 30.3 Å². The third-order valence-electron chi connectivity index (χ3n) is 8.47. The molecule has 0 fully saturated rings. The molecule has 5 N–H and O–H groups in total. The molecule has 0 radical (unpaired) electrons. The minimum absolute atomic E-state index is 0.0413. The Balaban J connectivity index is 1.91. The van der Waals surface area contributed by atoms with Gasteiger partial charge in [0.1, 0.15) is 12.1 Å². The highest BCUT2D eigenvalue weighted by Crippen LogP contribution is 2.11. The maximum atomic E-state index is 12.9. The van der Waals surface area contributed by atoms with Gasteiger partial charge in [0.2, 0.25) is 5.91 Å². The normalized spacial score (nSPS) is 11.4. The molecule has 0 bridgehead atoms. The molecular formula is C44H74N2O22. The molecule has 1 aromatic rings. The fourth-order valence-electron chi connectivity index (χ4n) is 5.12. The van der Waals surface area contributed by atoms with Gasteiger partial charge in [0.25, 0.3) is 0 Å². The van der Waals surface area contributed by atoms with Gasteiger partial charge in [0, 0.05) is 13.0 Å². The fourth-order valence-corrected chi connectivity index (χ4v) is 5.12. The van der Waals surface area contributed by atoms with Crippen molar-refractivity contribution in [2.75, 3.05) is 178 Å². The number of hydrogen-bond acceptors (Lipinski definition) is 19. The van der Waals surface area contributed by atoms with E-state index in [0.29, 0.717) is 119 Å². The molecule has 0 unspecified atom stereocenters. The topological polar surface area (TPSA) is 299 Å². The van der Waals surface area contributed by atoms with E-state index in [2.05, 4.69) is 10.6 Å². The second-order valence-electron chi connectivity index (χ2n) is 14.3. The van der Waals surface area contributed by atoms with E-state index in [0.717, 1.165) is 5.56 Å². The Bertz CT molecular complexity index is 1340. The summed E-state index contributed by atoms with van der Waals surface area (Å²) >= 11 is 0. The van der Waals surface area contributed by atoms with Crippen molar-refractivity contribution >= 4 is 29.9 Å². The number of aliphatic carboxylic acids is 3. The number of carbonyl (C=O) groups is 5. The van der Waals surface area contributed by atoms with Crippen molar-refractivity contribution in [1.82, 2.24) is 10.6 Å². The van der Waals surface area contributed by atoms with Crippen molar-refractivity contribution in [1.29, 1.82) is 0 Å². The molecule has 1 aromatic carbocycles. The number of amides is 2. The highest BCUT2D eigenvalue weighted by atomic mass is 16.6. The second kappa shape index (κ2) is 45.3. The largest absolute Gasteiger partial charge is 0.481 e. The molecule has 0 atom stereocenters. The number of benzene rings is 1. The predicted octanol–water partition coefficient (Wildman–Crippen LogP) is 0.798. The molecular weight excluding hydrogens is 908 g/mol. The van der Waals surface area contributed by atoms with E-state index in [1.54, 1.807) is 0 Å². The van der Waals surface area contributed by atoms with Crippen LogP contribution in [0.2, 0.25) is 0 Å². The molecule has 0 heterocycles. The Morgan fingerprint density at radius 3 is 1.04 bits per heavy atom. The van der Waals surface area contributed by atoms with Gasteiger partial charge < -0.3 is 92.3 Å². The van der Waals surface area contributed by atoms with Gasteiger partial charge in [-0.3, -0.25) is 19.2 Å². The molecule has 0 aromatic heterocycles. The SMILES string of the molecule is O=C(O)CCOCC(COCCC(=O)O)(COCCC(=O)O)NC(=O)CCOCCOCCOCCOCCOCCOCCOCCOCCOCCOCCNC(=O)OCc1ccccc1. The van der Waals surface area contributed by atoms with Crippen molar-refractivity contribution in [3.05, 3.63) is 35.9 Å². The zero-order valence-corrected chi connectivity index (χ0v) is 39.1. The zero-order valence-electron chi connectivity index (χ0n) is 39.1. The van der Waals surface area contributed by atoms with Crippen LogP contribution >= 0.6 is 0 Å². The number of alkyl carbamates (subject to hydrolysis) is 1. The molecule has 1 rings (SSSR count). The highest BCUT2D eigenvalue weighted by Gasteiger charge is 2.34. The molecule has 0 saturated carbocycles. The number of carbonyl (C=O) groups excluding carboxylic acids is 2. The van der Waals surface area contributed by atoms with Crippen LogP contribution in [0.25, 0.3) is 0 Å². The summed E-state index contributed by atoms with van der Waals surface area (Å²) in [4.78, 5) is 57.3. The number of ether oxygens (including phenoxy) is 14. The Kier molecular flexibility index (Phi) is 41.2. The van der Waals surface area contributed by atoms with Crippen LogP contribution < -0.4 is 10.6 Å². The molecule has 0 spiro atoms. The molecule has 0 saturated heterocycles. The summed E-state index contributed by atoms with van der Waals surface area (Å²) in [6, 6.07) is 9.44. The van der Waals surface area contributed by atoms with Crippen molar-refractivity contribution in [3.63, 3.8) is 0 Å². The maximum absolute atomic E-state index is 12.9. The van der Waals surface area contributed by atoms with Crippen molar-refractivity contribution in [2.45, 2.75) is 37.8 Å². The van der Waals surface area contributed by atoms with Crippen LogP contribution in [0.5, 0.6) is 0 Å². The Morgan fingerprint density at radius 2 is 0.706 bits per heavy atom. The van der Waals surface area contributed by atoms with Gasteiger partial charge in [0.15, 0.2) is 0 Å². The third kappa shape index (κ3) is 42.0. The summed E-state index contributed by atoms with van der Waals surface area (Å²) in [5.41, 5.74) is -0.438. The standard InChI is InChI=1S/C44H74N2O22/c47-39(46-44(35-65-12-7-40(48)49,36-66-13-8-41(50)51)37-67-14-9-42(52)53)6-11-55-16-18-57-20-22-59-24-26-61-28-30-63-32-33-64-31-29-62-27-25-60-23-21-58-19-17-56-15-10-45-43(54)68-34-38-4-2-1-3-5-38/h1-5H,6-37H2,(H,45,54)(H,46,47)(H,48,49)(H,50,51)(H,52,53). The average molecular weight is 983 g/mol. The van der Waals surface area contributed by atoms with E-state index >= 15 is 0 Å². The number of carboxylic acid groups (broad SMARTS) is 3. The predicted molar refractivity (Wildman–Crippen MR) is 238 cm³/mol. The number of nitrogens with one attached hydrogen (secondary N) is 2. The summed E-state index contributed by atoms with van der Waals surface area (Å²) in [7, 11) is 0. The van der Waals surface area contributed by atoms with Crippen LogP contribution in [0.3, 0.4) is 0 Å². The summed E-state index contributed by atoms with van der Waals surface area (Å²) in [6.45, 7) is 6.76. The van der Waals surface area contributed by atoms with Crippen molar-refractivity contribution < 1.29 is 106 Å². The lowest BCUT2D eigenvalue weighted by Crippen LogP contribution is -2.59. The molecule has 0 aliphatic heterocycles. The van der Waals surface area contributed by atoms with E-state index in [1.807, 2.05) is 30.3 Å². The van der Waals surface area contributed by atoms with Crippen LogP contribution in [-0.4, -0.2) is 229 Å². The number of rotatable bonds is 51. The van der Waals surface area contributed by atoms with E-state index in [-0.39, 0.29) is 91.8 Å². The molecule has 0 aliphatic carbocycles. The van der Waals surface area contributed by atoms with Gasteiger partial charge in [-0.05, 0) is 5.56 Å². The summed E-state index contributed by atoms with van der Waals surface area (Å²) in [5, 5.41) is 32.2. The molecule has 392 valence electrons. The maximum Gasteiger partial charge on any atom is 0.407 e. The first-order valence-corrected chi connectivity index (χ1v) is 22.5. The summed E-state index contributed by atoms with van der Waals surface area (Å²) in [6.07, 6.45) is -1.46. The summed E-state index contributed by atoms with van der Waals surface area (Å²) in [5.74, 6) is -3.74. The molecule has 24 nitrogen and oxygen atoms in total. The van der Waals surface area contributed by atoms with Gasteiger partial charge in [-0.2, -0.15) is 0 Å². The van der Waals surface area contributed by atoms with Gasteiger partial charge in [-0.1, -0.05) is 30.3 Å². The van der Waals surface area contributed by atoms with Crippen LogP contribution in [0.4, 0.5) is 4.79 Å². The van der Waals surface area contributed by atoms with E-state index in [4.69, 9.17) is 81.6 Å². The first kappa shape index (κ1) is 61.9. The minimum atomic E-state index is -1.36. The minimum Gasteiger partial charge on any atom is -0.481 e. The lowest BCUT2D eigenvalue weighted by molar-refractivity contribution is -0.140. The van der Waals surface area contributed by atoms with E-state index < -0.39 is 35.4 Å². The average Bonchev–Trinajstić information content (AvgIpc) is 3.31. The van der Waals surface area contributed by atoms with Crippen LogP contribution in [0.1, 0.15) is 31.2 Å². The van der Waals surface area contributed by atoms with Gasteiger partial charge in [0.05, 0.1) is 191 Å². The van der Waals surface area contributed by atoms with E-state index in [9.17, 15) is 24.0 Å². The van der Waals surface area contributed by atoms with Crippen LogP contribution in [0, 0.1) is 0 Å². The first-order chi connectivity index (χ1) is 33.1. The smallest absolute Gasteiger partial charge is 0.407 e. The quantitative estimate of drug-likeness (QED) is 0.0564. The third-order valence-corrected chi connectivity index (χ3v) is 8.47. The molecule has 2 amide bonds. The highest BCUT2D eigenvalue weighted by molar-refractivity contribution is 5.77. The van der Waals surface area contributed by atoms with E-state index in [1.165, 1.54) is 0 Å². The summed E-state index contributed by atoms with van der Waals surface area (Å²) < 4.78 is 76.3. The number of hydrogen-bond donors (Lipinski definition) is 5. The Hall–Kier alpha value is -4.15. The van der Waals surface area contributed by atoms with Crippen molar-refractivity contribution in [2.24, 2.45) is 0 Å². The van der Waals surface area contributed by atoms with Crippen molar-refractivity contribution in [3.8, 4) is 0 Å². The first-order valence-electron chi connectivity index (χ1n) is 22.5. The monoisotopic (exact) mass is 982 g/mol. The zero-order chi connectivity index (χ0) is 49.4. The molecule has 24 heteroatoms. The van der Waals surface area contributed by atoms with Gasteiger partial charge >= 0.3 is 24.0 Å². The lowest BCUT2D eigenvalue weighted by atomic mass is 10.0. The molecule has 0 aliphatic rings. The number of carboxylic acids is 3. The lowest BCUT2D eigenvalue weighted by Gasteiger charge is -2.34. The fraction of sp³-hybridized carbons (Fsp3) is 0.750. The Labute approximate surface area is 397 Å². The molecule has 68 heavy (non-hydrogen) atoms. The van der Waals surface area contributed by atoms with Crippen LogP contribution in [-0.2, 0) is 92.1 Å². The van der Waals surface area contributed by atoms with Gasteiger partial charge in [-0.15, -0.1) is 0 Å². The van der Waals surface area contributed by atoms with Gasteiger partial charge in [-0.25, -0.2) is 4.79 Å². The second-order valence-corrected chi connectivity index (χ2v) is 14.3. The Morgan fingerprint density at radius 1 is 0.397 bits per heavy atom.